The molecule has 1 aromatic rings. The summed E-state index contributed by atoms with van der Waals surface area (Å²) in [6, 6.07) is 5.70. The van der Waals surface area contributed by atoms with Crippen LogP contribution in [0.2, 0.25) is 5.02 Å². The summed E-state index contributed by atoms with van der Waals surface area (Å²) >= 11 is 6.10. The molecule has 4 heteroatoms. The molecule has 2 rings (SSSR count). The normalized spacial score (nSPS) is 17.6. The van der Waals surface area contributed by atoms with E-state index in [1.165, 1.54) is 0 Å². The average Bonchev–Trinajstić information content (AvgIpc) is 2.81. The molecule has 1 aliphatic heterocycles. The number of ether oxygens (including phenoxy) is 2. The van der Waals surface area contributed by atoms with Crippen molar-refractivity contribution in [1.29, 1.82) is 0 Å². The highest BCUT2D eigenvalue weighted by molar-refractivity contribution is 6.30. The van der Waals surface area contributed by atoms with Crippen LogP contribution in [0.25, 0.3) is 0 Å². The molecule has 1 fully saturated rings. The fourth-order valence-corrected chi connectivity index (χ4v) is 2.02. The molecule has 0 saturated carbocycles. The lowest BCUT2D eigenvalue weighted by Crippen LogP contribution is -2.22. The molecule has 17 heavy (non-hydrogen) atoms. The summed E-state index contributed by atoms with van der Waals surface area (Å²) in [5.41, 5.74) is 1.58. The lowest BCUT2D eigenvalue weighted by molar-refractivity contribution is -0.0442. The number of aliphatic hydroxyl groups excluding tert-OH is 1. The minimum absolute atomic E-state index is 0.0686. The van der Waals surface area contributed by atoms with E-state index >= 15 is 0 Å². The lowest BCUT2D eigenvalue weighted by Gasteiger charge is -2.24. The second-order valence-electron chi connectivity index (χ2n) is 4.89. The van der Waals surface area contributed by atoms with Crippen LogP contribution in [0.4, 0.5) is 0 Å². The molecular weight excluding hydrogens is 240 g/mol. The van der Waals surface area contributed by atoms with E-state index in [0.717, 1.165) is 11.1 Å². The highest BCUT2D eigenvalue weighted by Gasteiger charge is 2.24. The van der Waals surface area contributed by atoms with E-state index in [4.69, 9.17) is 21.1 Å². The van der Waals surface area contributed by atoms with Crippen molar-refractivity contribution in [2.75, 3.05) is 19.8 Å². The van der Waals surface area contributed by atoms with Gasteiger partial charge in [0.15, 0.2) is 6.29 Å². The van der Waals surface area contributed by atoms with Crippen LogP contribution in [-0.4, -0.2) is 24.9 Å². The van der Waals surface area contributed by atoms with Crippen LogP contribution in [0.1, 0.15) is 31.3 Å². The Morgan fingerprint density at radius 3 is 2.53 bits per heavy atom. The fraction of sp³-hybridized carbons (Fsp3) is 0.538. The number of aliphatic hydroxyl groups is 1. The SMILES string of the molecule is CC(C)(CO)c1cc(Cl)cc(C2OCCO2)c1. The zero-order valence-corrected chi connectivity index (χ0v) is 10.8. The third-order valence-corrected chi connectivity index (χ3v) is 3.21. The molecule has 1 aromatic carbocycles. The number of rotatable bonds is 3. The lowest BCUT2D eigenvalue weighted by atomic mass is 9.85. The van der Waals surface area contributed by atoms with Crippen LogP contribution < -0.4 is 0 Å². The van der Waals surface area contributed by atoms with Gasteiger partial charge in [-0.3, -0.25) is 0 Å². The second kappa shape index (κ2) is 4.94. The van der Waals surface area contributed by atoms with Crippen molar-refractivity contribution in [3.63, 3.8) is 0 Å². The molecule has 0 spiro atoms. The highest BCUT2D eigenvalue weighted by Crippen LogP contribution is 2.31. The van der Waals surface area contributed by atoms with Gasteiger partial charge >= 0.3 is 0 Å². The summed E-state index contributed by atoms with van der Waals surface area (Å²) < 4.78 is 10.9. The highest BCUT2D eigenvalue weighted by atomic mass is 35.5. The average molecular weight is 257 g/mol. The molecule has 94 valence electrons. The maximum absolute atomic E-state index is 9.39. The summed E-state index contributed by atoms with van der Waals surface area (Å²) in [6.07, 6.45) is -0.332. The van der Waals surface area contributed by atoms with Gasteiger partial charge in [0.2, 0.25) is 0 Å². The van der Waals surface area contributed by atoms with Gasteiger partial charge < -0.3 is 14.6 Å². The summed E-state index contributed by atoms with van der Waals surface area (Å²) in [4.78, 5) is 0. The molecule has 1 aliphatic rings. The fourth-order valence-electron chi connectivity index (χ4n) is 1.78. The Morgan fingerprint density at radius 1 is 1.29 bits per heavy atom. The number of halogens is 1. The van der Waals surface area contributed by atoms with Crippen molar-refractivity contribution < 1.29 is 14.6 Å². The maximum atomic E-state index is 9.39. The number of benzene rings is 1. The predicted molar refractivity (Wildman–Crippen MR) is 66.2 cm³/mol. The Morgan fingerprint density at radius 2 is 1.94 bits per heavy atom. The van der Waals surface area contributed by atoms with E-state index in [-0.39, 0.29) is 18.3 Å². The van der Waals surface area contributed by atoms with Gasteiger partial charge in [0.1, 0.15) is 0 Å². The minimum atomic E-state index is -0.332. The zero-order chi connectivity index (χ0) is 12.5. The Hall–Kier alpha value is -0.610. The first-order valence-corrected chi connectivity index (χ1v) is 6.06. The van der Waals surface area contributed by atoms with E-state index in [1.807, 2.05) is 32.0 Å². The molecule has 0 aliphatic carbocycles. The van der Waals surface area contributed by atoms with Crippen LogP contribution in [0.3, 0.4) is 0 Å². The van der Waals surface area contributed by atoms with Crippen LogP contribution >= 0.6 is 11.6 Å². The Kier molecular flexibility index (Phi) is 3.73. The van der Waals surface area contributed by atoms with Crippen molar-refractivity contribution in [2.24, 2.45) is 0 Å². The van der Waals surface area contributed by atoms with Crippen molar-refractivity contribution in [3.05, 3.63) is 34.3 Å². The van der Waals surface area contributed by atoms with Gasteiger partial charge in [-0.15, -0.1) is 0 Å². The van der Waals surface area contributed by atoms with Gasteiger partial charge in [0.05, 0.1) is 19.8 Å². The van der Waals surface area contributed by atoms with E-state index < -0.39 is 0 Å². The first-order chi connectivity index (χ1) is 8.03. The van der Waals surface area contributed by atoms with Crippen LogP contribution in [-0.2, 0) is 14.9 Å². The third-order valence-electron chi connectivity index (χ3n) is 2.99. The molecule has 0 aromatic heterocycles. The monoisotopic (exact) mass is 256 g/mol. The Balaban J connectivity index is 2.35. The molecular formula is C13H17ClO3. The van der Waals surface area contributed by atoms with Gasteiger partial charge in [-0.05, 0) is 17.7 Å². The van der Waals surface area contributed by atoms with E-state index in [9.17, 15) is 5.11 Å². The van der Waals surface area contributed by atoms with Gasteiger partial charge in [-0.1, -0.05) is 31.5 Å². The predicted octanol–water partition coefficient (Wildman–Crippen LogP) is 2.66. The maximum Gasteiger partial charge on any atom is 0.184 e. The van der Waals surface area contributed by atoms with Gasteiger partial charge in [-0.25, -0.2) is 0 Å². The van der Waals surface area contributed by atoms with Crippen LogP contribution in [0.5, 0.6) is 0 Å². The topological polar surface area (TPSA) is 38.7 Å². The van der Waals surface area contributed by atoms with Crippen molar-refractivity contribution in [2.45, 2.75) is 25.6 Å². The van der Waals surface area contributed by atoms with Crippen LogP contribution in [0, 0.1) is 0 Å². The second-order valence-corrected chi connectivity index (χ2v) is 5.33. The molecule has 0 radical (unpaired) electrons. The minimum Gasteiger partial charge on any atom is -0.395 e. The summed E-state index contributed by atoms with van der Waals surface area (Å²) in [5.74, 6) is 0. The first-order valence-electron chi connectivity index (χ1n) is 5.68. The molecule has 0 bridgehead atoms. The standard InChI is InChI=1S/C13H17ClO3/c1-13(2,8-15)10-5-9(6-11(14)7-10)12-16-3-4-17-12/h5-7,12,15H,3-4,8H2,1-2H3. The molecule has 1 N–H and O–H groups in total. The van der Waals surface area contributed by atoms with E-state index in [1.54, 1.807) is 0 Å². The quantitative estimate of drug-likeness (QED) is 0.904. The summed E-state index contributed by atoms with van der Waals surface area (Å²) in [5, 5.41) is 10.0. The van der Waals surface area contributed by atoms with Gasteiger partial charge in [0, 0.05) is 16.0 Å². The first kappa shape index (κ1) is 12.8. The molecule has 0 amide bonds. The molecule has 3 nitrogen and oxygen atoms in total. The van der Waals surface area contributed by atoms with Crippen molar-refractivity contribution >= 4 is 11.6 Å². The number of hydrogen-bond acceptors (Lipinski definition) is 3. The smallest absolute Gasteiger partial charge is 0.184 e. The van der Waals surface area contributed by atoms with Crippen molar-refractivity contribution in [1.82, 2.24) is 0 Å². The largest absolute Gasteiger partial charge is 0.395 e. The molecule has 0 atom stereocenters. The van der Waals surface area contributed by atoms with Gasteiger partial charge in [-0.2, -0.15) is 0 Å². The summed E-state index contributed by atoms with van der Waals surface area (Å²) in [6.45, 7) is 5.22. The Bertz CT molecular complexity index is 398. The summed E-state index contributed by atoms with van der Waals surface area (Å²) in [7, 11) is 0. The number of hydrogen-bond donors (Lipinski definition) is 1. The van der Waals surface area contributed by atoms with Crippen molar-refractivity contribution in [3.8, 4) is 0 Å². The van der Waals surface area contributed by atoms with E-state index in [0.29, 0.717) is 18.2 Å². The van der Waals surface area contributed by atoms with Gasteiger partial charge in [0.25, 0.3) is 0 Å². The molecule has 1 heterocycles. The molecule has 0 unspecified atom stereocenters. The van der Waals surface area contributed by atoms with Crippen LogP contribution in [0.15, 0.2) is 18.2 Å². The Labute approximate surface area is 106 Å². The molecule has 1 saturated heterocycles. The third kappa shape index (κ3) is 2.80. The van der Waals surface area contributed by atoms with E-state index in [2.05, 4.69) is 0 Å². The zero-order valence-electron chi connectivity index (χ0n) is 10.1.